The minimum Gasteiger partial charge on any atom is -0.444 e. The van der Waals surface area contributed by atoms with E-state index in [-0.39, 0.29) is 18.6 Å². The van der Waals surface area contributed by atoms with Crippen molar-refractivity contribution in [3.05, 3.63) is 89.5 Å². The summed E-state index contributed by atoms with van der Waals surface area (Å²) < 4.78 is 10.9. The monoisotopic (exact) mass is 486 g/mol. The van der Waals surface area contributed by atoms with E-state index in [1.165, 1.54) is 5.56 Å². The van der Waals surface area contributed by atoms with Crippen LogP contribution in [0.2, 0.25) is 0 Å². The average Bonchev–Trinajstić information content (AvgIpc) is 3.65. The third kappa shape index (κ3) is 5.84. The Kier molecular flexibility index (Phi) is 7.16. The summed E-state index contributed by atoms with van der Waals surface area (Å²) in [6, 6.07) is 22.8. The summed E-state index contributed by atoms with van der Waals surface area (Å²) in [6.45, 7) is 2.73. The number of rotatable bonds is 7. The first kappa shape index (κ1) is 23.8. The van der Waals surface area contributed by atoms with Crippen molar-refractivity contribution >= 4 is 29.1 Å². The minimum atomic E-state index is -0.584. The fourth-order valence-corrected chi connectivity index (χ4v) is 4.34. The Labute approximate surface area is 210 Å². The molecule has 0 aromatic heterocycles. The number of carbonyl (C=O) groups excluding carboxylic acids is 2. The molecule has 0 radical (unpaired) electrons. The molecule has 8 heteroatoms. The van der Waals surface area contributed by atoms with Crippen LogP contribution in [0.25, 0.3) is 0 Å². The molecule has 1 saturated carbocycles. The molecule has 0 spiro atoms. The Balaban J connectivity index is 1.30. The number of nitrogens with zero attached hydrogens (tertiary/aromatic N) is 1. The number of ether oxygens (including phenoxy) is 2. The van der Waals surface area contributed by atoms with Gasteiger partial charge in [-0.2, -0.15) is 0 Å². The highest BCUT2D eigenvalue weighted by Crippen LogP contribution is 2.39. The maximum absolute atomic E-state index is 13.0. The number of nitrogens with one attached hydrogen (secondary N) is 2. The Morgan fingerprint density at radius 2 is 1.69 bits per heavy atom. The number of anilines is 3. The third-order valence-corrected chi connectivity index (χ3v) is 6.50. The summed E-state index contributed by atoms with van der Waals surface area (Å²) in [5, 5.41) is 5.77. The second-order valence-corrected chi connectivity index (χ2v) is 9.10. The normalized spacial score (nSPS) is 18.9. The Bertz CT molecular complexity index is 1210. The lowest BCUT2D eigenvalue weighted by Gasteiger charge is -2.30. The zero-order valence-corrected chi connectivity index (χ0v) is 20.0. The van der Waals surface area contributed by atoms with Crippen LogP contribution < -0.4 is 21.3 Å². The van der Waals surface area contributed by atoms with E-state index in [1.807, 2.05) is 60.7 Å². The lowest BCUT2D eigenvalue weighted by Crippen LogP contribution is -2.37. The van der Waals surface area contributed by atoms with Gasteiger partial charge in [0, 0.05) is 36.3 Å². The van der Waals surface area contributed by atoms with Crippen molar-refractivity contribution in [2.45, 2.75) is 25.0 Å². The zero-order chi connectivity index (χ0) is 24.9. The molecule has 1 heterocycles. The van der Waals surface area contributed by atoms with Gasteiger partial charge in [0.05, 0.1) is 24.6 Å². The van der Waals surface area contributed by atoms with Crippen LogP contribution in [-0.4, -0.2) is 44.3 Å². The van der Waals surface area contributed by atoms with Crippen molar-refractivity contribution in [2.24, 2.45) is 5.73 Å². The largest absolute Gasteiger partial charge is 0.444 e. The zero-order valence-electron chi connectivity index (χ0n) is 20.0. The van der Waals surface area contributed by atoms with E-state index >= 15 is 0 Å². The number of hydrogen-bond donors (Lipinski definition) is 3. The Morgan fingerprint density at radius 1 is 0.972 bits per heavy atom. The first-order valence-electron chi connectivity index (χ1n) is 12.2. The van der Waals surface area contributed by atoms with Gasteiger partial charge < -0.3 is 25.4 Å². The predicted octanol–water partition coefficient (Wildman–Crippen LogP) is 4.34. The van der Waals surface area contributed by atoms with Crippen molar-refractivity contribution in [2.75, 3.05) is 41.8 Å². The van der Waals surface area contributed by atoms with Gasteiger partial charge in [0.1, 0.15) is 6.61 Å². The molecule has 36 heavy (non-hydrogen) atoms. The van der Waals surface area contributed by atoms with Gasteiger partial charge in [-0.1, -0.05) is 42.5 Å². The first-order chi connectivity index (χ1) is 17.6. The predicted molar refractivity (Wildman–Crippen MR) is 139 cm³/mol. The van der Waals surface area contributed by atoms with Crippen LogP contribution in [0, 0.1) is 0 Å². The Hall–Kier alpha value is -3.88. The molecule has 2 atom stereocenters. The van der Waals surface area contributed by atoms with Crippen LogP contribution in [0.4, 0.5) is 21.9 Å². The molecule has 2 unspecified atom stereocenters. The van der Waals surface area contributed by atoms with E-state index in [1.54, 1.807) is 12.1 Å². The third-order valence-electron chi connectivity index (χ3n) is 6.50. The van der Waals surface area contributed by atoms with Crippen LogP contribution in [0.5, 0.6) is 0 Å². The maximum Gasteiger partial charge on any atom is 0.412 e. The molecule has 1 saturated heterocycles. The highest BCUT2D eigenvalue weighted by molar-refractivity contribution is 6.06. The molecule has 5 rings (SSSR count). The van der Waals surface area contributed by atoms with E-state index in [0.29, 0.717) is 49.2 Å². The van der Waals surface area contributed by atoms with Crippen LogP contribution in [0.1, 0.15) is 33.8 Å². The number of amides is 2. The fourth-order valence-electron chi connectivity index (χ4n) is 4.34. The molecule has 2 amide bonds. The molecule has 4 N–H and O–H groups in total. The van der Waals surface area contributed by atoms with Crippen LogP contribution >= 0.6 is 0 Å². The van der Waals surface area contributed by atoms with Gasteiger partial charge in [0.2, 0.25) is 0 Å². The smallest absolute Gasteiger partial charge is 0.412 e. The van der Waals surface area contributed by atoms with E-state index in [0.717, 1.165) is 17.7 Å². The van der Waals surface area contributed by atoms with Crippen LogP contribution in [0.15, 0.2) is 72.8 Å². The standard InChI is InChI=1S/C28H30N4O4/c29-24-17-23(24)20-6-9-22(10-7-20)30-27(33)21-8-11-26(32-12-14-35-15-13-32)25(16-21)31-28(34)36-18-19-4-2-1-3-5-19/h1-11,16,23-24H,12-15,17-18,29H2,(H,30,33)(H,31,34). The fraction of sp³-hybridized carbons (Fsp3) is 0.286. The van der Waals surface area contributed by atoms with Gasteiger partial charge in [-0.25, -0.2) is 4.79 Å². The lowest BCUT2D eigenvalue weighted by atomic mass is 10.1. The van der Waals surface area contributed by atoms with E-state index in [2.05, 4.69) is 15.5 Å². The highest BCUT2D eigenvalue weighted by Gasteiger charge is 2.34. The molecule has 2 fully saturated rings. The van der Waals surface area contributed by atoms with Gasteiger partial charge in [0.15, 0.2) is 0 Å². The van der Waals surface area contributed by atoms with Crippen molar-refractivity contribution in [1.29, 1.82) is 0 Å². The first-order valence-corrected chi connectivity index (χ1v) is 12.2. The van der Waals surface area contributed by atoms with Gasteiger partial charge in [0.25, 0.3) is 5.91 Å². The molecule has 3 aromatic carbocycles. The minimum absolute atomic E-state index is 0.154. The van der Waals surface area contributed by atoms with Gasteiger partial charge in [-0.3, -0.25) is 10.1 Å². The molecule has 0 bridgehead atoms. The molecule has 2 aliphatic rings. The highest BCUT2D eigenvalue weighted by atomic mass is 16.5. The molecule has 186 valence electrons. The van der Waals surface area contributed by atoms with Gasteiger partial charge in [-0.15, -0.1) is 0 Å². The van der Waals surface area contributed by atoms with E-state index in [9.17, 15) is 9.59 Å². The molecule has 3 aromatic rings. The Morgan fingerprint density at radius 3 is 2.39 bits per heavy atom. The average molecular weight is 487 g/mol. The number of hydrogen-bond acceptors (Lipinski definition) is 6. The second-order valence-electron chi connectivity index (χ2n) is 9.10. The number of morpholine rings is 1. The summed E-state index contributed by atoms with van der Waals surface area (Å²) in [5.74, 6) is 0.151. The van der Waals surface area contributed by atoms with Gasteiger partial charge in [-0.05, 0) is 47.9 Å². The maximum atomic E-state index is 13.0. The molecule has 8 nitrogen and oxygen atoms in total. The summed E-state index contributed by atoms with van der Waals surface area (Å²) in [5.41, 5.74) is 10.5. The second kappa shape index (κ2) is 10.8. The SMILES string of the molecule is NC1CC1c1ccc(NC(=O)c2ccc(N3CCOCC3)c(NC(=O)OCc3ccccc3)c2)cc1. The van der Waals surface area contributed by atoms with Crippen molar-refractivity contribution < 1.29 is 19.1 Å². The topological polar surface area (TPSA) is 106 Å². The summed E-state index contributed by atoms with van der Waals surface area (Å²) in [6.07, 6.45) is 0.421. The van der Waals surface area contributed by atoms with Crippen molar-refractivity contribution in [3.8, 4) is 0 Å². The summed E-state index contributed by atoms with van der Waals surface area (Å²) in [4.78, 5) is 27.8. The molecule has 1 aliphatic carbocycles. The number of benzene rings is 3. The summed E-state index contributed by atoms with van der Waals surface area (Å²) in [7, 11) is 0. The van der Waals surface area contributed by atoms with Crippen molar-refractivity contribution in [3.63, 3.8) is 0 Å². The van der Waals surface area contributed by atoms with Gasteiger partial charge >= 0.3 is 6.09 Å². The van der Waals surface area contributed by atoms with Crippen molar-refractivity contribution in [1.82, 2.24) is 0 Å². The summed E-state index contributed by atoms with van der Waals surface area (Å²) >= 11 is 0. The molecular weight excluding hydrogens is 456 g/mol. The van der Waals surface area contributed by atoms with E-state index < -0.39 is 6.09 Å². The van der Waals surface area contributed by atoms with Crippen LogP contribution in [0.3, 0.4) is 0 Å². The quantitative estimate of drug-likeness (QED) is 0.459. The van der Waals surface area contributed by atoms with E-state index in [4.69, 9.17) is 15.2 Å². The number of carbonyl (C=O) groups is 2. The molecular formula is C28H30N4O4. The lowest BCUT2D eigenvalue weighted by molar-refractivity contribution is 0.102. The van der Waals surface area contributed by atoms with Crippen LogP contribution in [-0.2, 0) is 16.1 Å². The molecule has 1 aliphatic heterocycles. The number of nitrogens with two attached hydrogens (primary N) is 1.